The van der Waals surface area contributed by atoms with Crippen molar-refractivity contribution in [2.75, 3.05) is 7.11 Å². The second-order valence-corrected chi connectivity index (χ2v) is 9.74. The van der Waals surface area contributed by atoms with Crippen LogP contribution in [-0.4, -0.2) is 44.4 Å². The Morgan fingerprint density at radius 3 is 2.55 bits per heavy atom. The molecule has 4 heterocycles. The zero-order valence-corrected chi connectivity index (χ0v) is 19.1. The second-order valence-electron chi connectivity index (χ2n) is 9.74. The Morgan fingerprint density at radius 2 is 1.84 bits per heavy atom. The first-order valence-corrected chi connectivity index (χ1v) is 11.4. The third kappa shape index (κ3) is 3.64. The highest BCUT2D eigenvalue weighted by atomic mass is 16.5. The van der Waals surface area contributed by atoms with Crippen molar-refractivity contribution in [2.24, 2.45) is 0 Å². The second kappa shape index (κ2) is 7.64. The molecule has 5 heteroatoms. The number of aryl methyl sites for hydroxylation is 3. The van der Waals surface area contributed by atoms with Crippen LogP contribution in [0.5, 0.6) is 5.75 Å². The van der Waals surface area contributed by atoms with Gasteiger partial charge in [-0.2, -0.15) is 0 Å². The van der Waals surface area contributed by atoms with Gasteiger partial charge in [0.1, 0.15) is 5.75 Å². The average Bonchev–Trinajstić information content (AvgIpc) is 3.17. The van der Waals surface area contributed by atoms with E-state index >= 15 is 0 Å². The van der Waals surface area contributed by atoms with E-state index in [9.17, 15) is 5.11 Å². The summed E-state index contributed by atoms with van der Waals surface area (Å²) in [7, 11) is 1.73. The van der Waals surface area contributed by atoms with Gasteiger partial charge in [-0.3, -0.25) is 9.88 Å². The molecule has 2 saturated heterocycles. The molecule has 1 aromatic carbocycles. The Bertz CT molecular complexity index is 1110. The summed E-state index contributed by atoms with van der Waals surface area (Å²) in [6.07, 6.45) is 7.77. The van der Waals surface area contributed by atoms with Crippen LogP contribution in [0.4, 0.5) is 0 Å². The van der Waals surface area contributed by atoms with Gasteiger partial charge in [0.15, 0.2) is 0 Å². The van der Waals surface area contributed by atoms with Crippen LogP contribution in [0.25, 0.3) is 10.9 Å². The van der Waals surface area contributed by atoms with Crippen LogP contribution in [0.15, 0.2) is 36.7 Å². The van der Waals surface area contributed by atoms with Gasteiger partial charge < -0.3 is 14.4 Å². The molecule has 0 spiro atoms. The molecule has 0 aliphatic carbocycles. The molecule has 31 heavy (non-hydrogen) atoms. The van der Waals surface area contributed by atoms with Gasteiger partial charge in [0.25, 0.3) is 0 Å². The third-order valence-corrected chi connectivity index (χ3v) is 7.57. The maximum absolute atomic E-state index is 11.7. The predicted octanol–water partition coefficient (Wildman–Crippen LogP) is 4.53. The topological polar surface area (TPSA) is 50.5 Å². The van der Waals surface area contributed by atoms with Crippen molar-refractivity contribution in [1.29, 1.82) is 0 Å². The van der Waals surface area contributed by atoms with Gasteiger partial charge in [-0.05, 0) is 81.3 Å². The summed E-state index contributed by atoms with van der Waals surface area (Å²) < 4.78 is 7.75. The molecule has 2 atom stereocenters. The molecule has 2 unspecified atom stereocenters. The number of hydrogen-bond acceptors (Lipinski definition) is 4. The molecule has 2 aliphatic heterocycles. The maximum atomic E-state index is 11.7. The Morgan fingerprint density at radius 1 is 1.10 bits per heavy atom. The van der Waals surface area contributed by atoms with Crippen LogP contribution in [0.3, 0.4) is 0 Å². The number of aliphatic hydroxyl groups is 1. The number of pyridine rings is 1. The molecule has 0 amide bonds. The van der Waals surface area contributed by atoms with E-state index in [-0.39, 0.29) is 0 Å². The Labute approximate surface area is 184 Å². The Kier molecular flexibility index (Phi) is 5.06. The maximum Gasteiger partial charge on any atom is 0.122 e. The summed E-state index contributed by atoms with van der Waals surface area (Å²) in [5.74, 6) is 0.959. The van der Waals surface area contributed by atoms with Gasteiger partial charge in [0, 0.05) is 35.9 Å². The number of ether oxygens (including phenoxy) is 1. The van der Waals surface area contributed by atoms with Gasteiger partial charge in [0.05, 0.1) is 31.0 Å². The van der Waals surface area contributed by atoms with Gasteiger partial charge in [-0.1, -0.05) is 6.07 Å². The number of nitrogens with zero attached hydrogens (tertiary/aromatic N) is 3. The molecule has 2 fully saturated rings. The van der Waals surface area contributed by atoms with E-state index in [0.717, 1.165) is 30.7 Å². The van der Waals surface area contributed by atoms with Crippen LogP contribution < -0.4 is 4.74 Å². The smallest absolute Gasteiger partial charge is 0.122 e. The minimum Gasteiger partial charge on any atom is -0.496 e. The van der Waals surface area contributed by atoms with E-state index < -0.39 is 5.60 Å². The summed E-state index contributed by atoms with van der Waals surface area (Å²) >= 11 is 0. The van der Waals surface area contributed by atoms with Gasteiger partial charge >= 0.3 is 0 Å². The van der Waals surface area contributed by atoms with Crippen LogP contribution >= 0.6 is 0 Å². The lowest BCUT2D eigenvalue weighted by Crippen LogP contribution is -2.52. The molecule has 0 radical (unpaired) electrons. The summed E-state index contributed by atoms with van der Waals surface area (Å²) in [5.41, 5.74) is 5.49. The number of hydrogen-bond donors (Lipinski definition) is 1. The van der Waals surface area contributed by atoms with Gasteiger partial charge in [-0.25, -0.2) is 0 Å². The fraction of sp³-hybridized carbons (Fsp3) is 0.500. The number of aromatic nitrogens is 2. The minimum absolute atomic E-state index is 0.436. The lowest BCUT2D eigenvalue weighted by Gasteiger charge is -2.44. The molecule has 5 nitrogen and oxygen atoms in total. The summed E-state index contributed by atoms with van der Waals surface area (Å²) in [6, 6.07) is 9.54. The first-order chi connectivity index (χ1) is 14.9. The Balaban J connectivity index is 1.36. The molecule has 3 aromatic rings. The summed E-state index contributed by atoms with van der Waals surface area (Å²) in [6.45, 7) is 8.02. The van der Waals surface area contributed by atoms with Crippen LogP contribution in [-0.2, 0) is 13.1 Å². The molecule has 0 saturated carbocycles. The van der Waals surface area contributed by atoms with Crippen LogP contribution in [0.2, 0.25) is 0 Å². The van der Waals surface area contributed by atoms with Crippen molar-refractivity contribution in [2.45, 2.75) is 77.2 Å². The fourth-order valence-corrected chi connectivity index (χ4v) is 5.98. The Hall–Kier alpha value is -2.37. The molecular weight excluding hydrogens is 386 g/mol. The number of methoxy groups -OCH3 is 1. The first-order valence-electron chi connectivity index (χ1n) is 11.4. The van der Waals surface area contributed by atoms with E-state index in [1.807, 2.05) is 18.5 Å². The lowest BCUT2D eigenvalue weighted by molar-refractivity contribution is -0.0647. The quantitative estimate of drug-likeness (QED) is 0.660. The van der Waals surface area contributed by atoms with Gasteiger partial charge in [0.2, 0.25) is 0 Å². The highest BCUT2D eigenvalue weighted by Gasteiger charge is 2.47. The highest BCUT2D eigenvalue weighted by Crippen LogP contribution is 2.43. The van der Waals surface area contributed by atoms with Crippen LogP contribution in [0.1, 0.15) is 48.1 Å². The normalized spacial score (nSPS) is 26.0. The highest BCUT2D eigenvalue weighted by molar-refractivity contribution is 5.80. The molecule has 5 rings (SSSR count). The van der Waals surface area contributed by atoms with Gasteiger partial charge in [-0.15, -0.1) is 0 Å². The molecule has 1 N–H and O–H groups in total. The standard InChI is InChI=1S/C26H33N3O2/c1-17-10-25(31-4)18(2)9-21(17)15-28-22-5-6-23(28)13-26(30,12-22)16-29-19(3)11-20-7-8-27-14-24(20)29/h7-11,14,22-23,30H,5-6,12-13,15-16H2,1-4H3. The number of piperidine rings is 1. The summed E-state index contributed by atoms with van der Waals surface area (Å²) in [4.78, 5) is 6.96. The third-order valence-electron chi connectivity index (χ3n) is 7.57. The van der Waals surface area contributed by atoms with E-state index in [0.29, 0.717) is 18.6 Å². The van der Waals surface area contributed by atoms with Crippen molar-refractivity contribution >= 4 is 10.9 Å². The van der Waals surface area contributed by atoms with E-state index in [1.54, 1.807) is 7.11 Å². The monoisotopic (exact) mass is 419 g/mol. The van der Waals surface area contributed by atoms with Crippen molar-refractivity contribution in [1.82, 2.24) is 14.5 Å². The zero-order valence-electron chi connectivity index (χ0n) is 19.1. The zero-order chi connectivity index (χ0) is 21.8. The lowest BCUT2D eigenvalue weighted by atomic mass is 9.85. The molecule has 2 aromatic heterocycles. The molecule has 2 bridgehead atoms. The van der Waals surface area contributed by atoms with Crippen molar-refractivity contribution in [3.8, 4) is 5.75 Å². The van der Waals surface area contributed by atoms with Crippen molar-refractivity contribution in [3.05, 3.63) is 59.0 Å². The molecule has 2 aliphatic rings. The van der Waals surface area contributed by atoms with Crippen LogP contribution in [0, 0.1) is 20.8 Å². The summed E-state index contributed by atoms with van der Waals surface area (Å²) in [5, 5.41) is 12.9. The number of rotatable bonds is 5. The van der Waals surface area contributed by atoms with E-state index in [2.05, 4.69) is 53.4 Å². The average molecular weight is 420 g/mol. The SMILES string of the molecule is COc1cc(C)c(CN2C3CCC2CC(O)(Cn2c(C)cc4ccncc42)C3)cc1C. The first kappa shape index (κ1) is 20.5. The predicted molar refractivity (Wildman–Crippen MR) is 123 cm³/mol. The van der Waals surface area contributed by atoms with E-state index in [4.69, 9.17) is 4.74 Å². The van der Waals surface area contributed by atoms with Crippen molar-refractivity contribution < 1.29 is 9.84 Å². The fourth-order valence-electron chi connectivity index (χ4n) is 5.98. The number of fused-ring (bicyclic) bond motifs is 3. The molecular formula is C26H33N3O2. The largest absolute Gasteiger partial charge is 0.496 e. The minimum atomic E-state index is -0.667. The van der Waals surface area contributed by atoms with Crippen molar-refractivity contribution in [3.63, 3.8) is 0 Å². The number of benzene rings is 1. The van der Waals surface area contributed by atoms with E-state index in [1.165, 1.54) is 40.6 Å². The molecule has 164 valence electrons.